The van der Waals surface area contributed by atoms with Crippen LogP contribution in [0.4, 0.5) is 5.69 Å². The van der Waals surface area contributed by atoms with E-state index in [0.717, 1.165) is 50.7 Å². The predicted molar refractivity (Wildman–Crippen MR) is 87.3 cm³/mol. The van der Waals surface area contributed by atoms with E-state index < -0.39 is 0 Å². The maximum atomic E-state index is 6.15. The lowest BCUT2D eigenvalue weighted by Crippen LogP contribution is -2.37. The summed E-state index contributed by atoms with van der Waals surface area (Å²) < 4.78 is 10.5. The van der Waals surface area contributed by atoms with Crippen molar-refractivity contribution >= 4 is 17.3 Å². The van der Waals surface area contributed by atoms with Gasteiger partial charge in [0.25, 0.3) is 0 Å². The lowest BCUT2D eigenvalue weighted by molar-refractivity contribution is 0.0819. The Kier molecular flexibility index (Phi) is 6.77. The van der Waals surface area contributed by atoms with Crippen molar-refractivity contribution < 1.29 is 9.47 Å². The Balaban J connectivity index is 2.01. The zero-order valence-corrected chi connectivity index (χ0v) is 13.7. The van der Waals surface area contributed by atoms with Gasteiger partial charge in [0.05, 0.1) is 12.7 Å². The minimum atomic E-state index is 0.400. The first-order valence-electron chi connectivity index (χ1n) is 7.50. The van der Waals surface area contributed by atoms with Crippen LogP contribution in [0.3, 0.4) is 0 Å². The van der Waals surface area contributed by atoms with Gasteiger partial charge in [-0.3, -0.25) is 0 Å². The van der Waals surface area contributed by atoms with Crippen LogP contribution in [0.1, 0.15) is 18.4 Å². The van der Waals surface area contributed by atoms with Crippen LogP contribution in [0.15, 0.2) is 18.2 Å². The van der Waals surface area contributed by atoms with Crippen molar-refractivity contribution in [1.82, 2.24) is 5.32 Å². The number of methoxy groups -OCH3 is 2. The number of piperidine rings is 1. The molecule has 0 aromatic heterocycles. The fourth-order valence-corrected chi connectivity index (χ4v) is 2.93. The number of halogens is 1. The molecular weight excluding hydrogens is 288 g/mol. The molecule has 1 fully saturated rings. The highest BCUT2D eigenvalue weighted by Gasteiger charge is 2.20. The first kappa shape index (κ1) is 16.6. The highest BCUT2D eigenvalue weighted by molar-refractivity contribution is 6.30. The van der Waals surface area contributed by atoms with E-state index in [0.29, 0.717) is 6.10 Å². The number of hydrogen-bond donors (Lipinski definition) is 1. The third-order valence-corrected chi connectivity index (χ3v) is 4.19. The van der Waals surface area contributed by atoms with E-state index in [4.69, 9.17) is 21.1 Å². The molecule has 1 aromatic carbocycles. The van der Waals surface area contributed by atoms with Crippen molar-refractivity contribution in [2.24, 2.45) is 0 Å². The SMILES string of the molecule is COCCNCc1cc(Cl)ccc1N1CCC(OC)CC1. The zero-order chi connectivity index (χ0) is 15.1. The summed E-state index contributed by atoms with van der Waals surface area (Å²) in [6.45, 7) is 4.43. The Bertz CT molecular complexity index is 434. The maximum Gasteiger partial charge on any atom is 0.0605 e. The lowest BCUT2D eigenvalue weighted by Gasteiger charge is -2.34. The minimum absolute atomic E-state index is 0.400. The van der Waals surface area contributed by atoms with E-state index in [1.807, 2.05) is 6.07 Å². The van der Waals surface area contributed by atoms with Crippen LogP contribution in [0.5, 0.6) is 0 Å². The standard InChI is InChI=1S/C16H25ClN2O2/c1-20-10-7-18-12-13-11-14(17)3-4-16(13)19-8-5-15(21-2)6-9-19/h3-4,11,15,18H,5-10,12H2,1-2H3. The monoisotopic (exact) mass is 312 g/mol. The second kappa shape index (κ2) is 8.59. The summed E-state index contributed by atoms with van der Waals surface area (Å²) in [5.41, 5.74) is 2.52. The van der Waals surface area contributed by atoms with E-state index in [1.165, 1.54) is 11.3 Å². The number of benzene rings is 1. The summed E-state index contributed by atoms with van der Waals surface area (Å²) in [4.78, 5) is 2.43. The van der Waals surface area contributed by atoms with Gasteiger partial charge in [0.1, 0.15) is 0 Å². The van der Waals surface area contributed by atoms with Crippen molar-refractivity contribution in [3.63, 3.8) is 0 Å². The Morgan fingerprint density at radius 1 is 1.29 bits per heavy atom. The van der Waals surface area contributed by atoms with E-state index in [9.17, 15) is 0 Å². The van der Waals surface area contributed by atoms with Gasteiger partial charge in [0.15, 0.2) is 0 Å². The molecule has 1 aromatic rings. The van der Waals surface area contributed by atoms with Gasteiger partial charge in [-0.25, -0.2) is 0 Å². The molecule has 1 heterocycles. The number of rotatable bonds is 7. The molecule has 0 spiro atoms. The molecule has 1 aliphatic rings. The van der Waals surface area contributed by atoms with Gasteiger partial charge < -0.3 is 19.7 Å². The molecule has 0 amide bonds. The van der Waals surface area contributed by atoms with Crippen molar-refractivity contribution in [3.8, 4) is 0 Å². The smallest absolute Gasteiger partial charge is 0.0605 e. The molecule has 118 valence electrons. The Labute approximate surface area is 132 Å². The third-order valence-electron chi connectivity index (χ3n) is 3.96. The minimum Gasteiger partial charge on any atom is -0.383 e. The first-order chi connectivity index (χ1) is 10.2. The van der Waals surface area contributed by atoms with Gasteiger partial charge in [0.2, 0.25) is 0 Å². The highest BCUT2D eigenvalue weighted by Crippen LogP contribution is 2.27. The number of hydrogen-bond acceptors (Lipinski definition) is 4. The lowest BCUT2D eigenvalue weighted by atomic mass is 10.0. The summed E-state index contributed by atoms with van der Waals surface area (Å²) in [5, 5.41) is 4.18. The van der Waals surface area contributed by atoms with Gasteiger partial charge in [-0.1, -0.05) is 11.6 Å². The Morgan fingerprint density at radius 3 is 2.71 bits per heavy atom. The molecule has 1 aliphatic heterocycles. The first-order valence-corrected chi connectivity index (χ1v) is 7.88. The van der Waals surface area contributed by atoms with Crippen LogP contribution < -0.4 is 10.2 Å². The number of anilines is 1. The van der Waals surface area contributed by atoms with E-state index in [-0.39, 0.29) is 0 Å². The van der Waals surface area contributed by atoms with Gasteiger partial charge in [0, 0.05) is 51.1 Å². The molecule has 5 heteroatoms. The number of nitrogens with one attached hydrogen (secondary N) is 1. The van der Waals surface area contributed by atoms with Gasteiger partial charge >= 0.3 is 0 Å². The fourth-order valence-electron chi connectivity index (χ4n) is 2.73. The van der Waals surface area contributed by atoms with Gasteiger partial charge in [-0.05, 0) is 36.6 Å². The summed E-state index contributed by atoms with van der Waals surface area (Å²) in [6, 6.07) is 6.15. The fraction of sp³-hybridized carbons (Fsp3) is 0.625. The third kappa shape index (κ3) is 4.85. The average Bonchev–Trinajstić information content (AvgIpc) is 2.52. The second-order valence-corrected chi connectivity index (χ2v) is 5.80. The second-order valence-electron chi connectivity index (χ2n) is 5.36. The van der Waals surface area contributed by atoms with E-state index in [2.05, 4.69) is 22.3 Å². The molecule has 0 aliphatic carbocycles. The zero-order valence-electron chi connectivity index (χ0n) is 12.9. The molecule has 4 nitrogen and oxygen atoms in total. The molecular formula is C16H25ClN2O2. The quantitative estimate of drug-likeness (QED) is 0.785. The molecule has 0 unspecified atom stereocenters. The van der Waals surface area contributed by atoms with Crippen LogP contribution in [-0.2, 0) is 16.0 Å². The van der Waals surface area contributed by atoms with Crippen molar-refractivity contribution in [2.75, 3.05) is 45.4 Å². The molecule has 0 radical (unpaired) electrons. The molecule has 0 saturated carbocycles. The average molecular weight is 313 g/mol. The molecule has 1 saturated heterocycles. The van der Waals surface area contributed by atoms with Gasteiger partial charge in [-0.15, -0.1) is 0 Å². The van der Waals surface area contributed by atoms with Crippen molar-refractivity contribution in [1.29, 1.82) is 0 Å². The van der Waals surface area contributed by atoms with Crippen LogP contribution in [0.2, 0.25) is 5.02 Å². The van der Waals surface area contributed by atoms with Crippen LogP contribution in [-0.4, -0.2) is 46.6 Å². The summed E-state index contributed by atoms with van der Waals surface area (Å²) >= 11 is 6.15. The topological polar surface area (TPSA) is 33.7 Å². The predicted octanol–water partition coefficient (Wildman–Crippen LogP) is 2.69. The van der Waals surface area contributed by atoms with E-state index >= 15 is 0 Å². The van der Waals surface area contributed by atoms with Gasteiger partial charge in [-0.2, -0.15) is 0 Å². The van der Waals surface area contributed by atoms with Crippen LogP contribution in [0.25, 0.3) is 0 Å². The maximum absolute atomic E-state index is 6.15. The summed E-state index contributed by atoms with van der Waals surface area (Å²) in [5.74, 6) is 0. The van der Waals surface area contributed by atoms with Crippen molar-refractivity contribution in [2.45, 2.75) is 25.5 Å². The summed E-state index contributed by atoms with van der Waals surface area (Å²) in [6.07, 6.45) is 2.56. The molecule has 0 atom stereocenters. The molecule has 2 rings (SSSR count). The molecule has 1 N–H and O–H groups in total. The van der Waals surface area contributed by atoms with Crippen LogP contribution >= 0.6 is 11.6 Å². The summed E-state index contributed by atoms with van der Waals surface area (Å²) in [7, 11) is 3.51. The Hall–Kier alpha value is -0.810. The Morgan fingerprint density at radius 2 is 2.05 bits per heavy atom. The molecule has 0 bridgehead atoms. The number of nitrogens with zero attached hydrogens (tertiary/aromatic N) is 1. The van der Waals surface area contributed by atoms with Crippen molar-refractivity contribution in [3.05, 3.63) is 28.8 Å². The normalized spacial score (nSPS) is 16.4. The largest absolute Gasteiger partial charge is 0.383 e. The number of ether oxygens (including phenoxy) is 2. The van der Waals surface area contributed by atoms with E-state index in [1.54, 1.807) is 14.2 Å². The van der Waals surface area contributed by atoms with Crippen LogP contribution in [0, 0.1) is 0 Å². The highest BCUT2D eigenvalue weighted by atomic mass is 35.5. The molecule has 21 heavy (non-hydrogen) atoms.